The Morgan fingerprint density at radius 3 is 2.33 bits per heavy atom. The summed E-state index contributed by atoms with van der Waals surface area (Å²) in [7, 11) is 0. The molecule has 2 saturated heterocycles. The van der Waals surface area contributed by atoms with Gasteiger partial charge in [-0.2, -0.15) is 0 Å². The first-order valence-corrected chi connectivity index (χ1v) is 4.85. The van der Waals surface area contributed by atoms with Crippen LogP contribution in [0.15, 0.2) is 0 Å². The number of carbonyl (C=O) groups is 2. The maximum atomic E-state index is 11.7. The van der Waals surface area contributed by atoms with Crippen molar-refractivity contribution in [1.29, 1.82) is 0 Å². The summed E-state index contributed by atoms with van der Waals surface area (Å²) in [5.41, 5.74) is -0.728. The van der Waals surface area contributed by atoms with Crippen LogP contribution in [0.25, 0.3) is 0 Å². The molecule has 0 bridgehead atoms. The van der Waals surface area contributed by atoms with Gasteiger partial charge < -0.3 is 10.6 Å². The minimum atomic E-state index is -0.728. The molecule has 0 unspecified atom stereocenters. The predicted molar refractivity (Wildman–Crippen MR) is 57.9 cm³/mol. The van der Waals surface area contributed by atoms with Crippen LogP contribution in [0.4, 0.5) is 4.79 Å². The maximum Gasteiger partial charge on any atom is 0.325 e. The Balaban J connectivity index is 0.00000112. The molecule has 2 aliphatic heterocycles. The number of halogens is 1. The largest absolute Gasteiger partial charge is 0.325 e. The molecule has 86 valence electrons. The Bertz CT molecular complexity index is 289. The van der Waals surface area contributed by atoms with Gasteiger partial charge in [-0.1, -0.05) is 0 Å². The first-order valence-electron chi connectivity index (χ1n) is 4.85. The zero-order chi connectivity index (χ0) is 10.3. The standard InChI is InChI=1S/C9H15N3O2.ClH/c1-9(2)7(13)12(8(14)11-9)5-6-3-10-4-6;/h6,10H,3-5H2,1-2H3,(H,11,14);1H. The van der Waals surface area contributed by atoms with E-state index in [1.54, 1.807) is 13.8 Å². The molecule has 3 amide bonds. The third kappa shape index (κ3) is 2.08. The number of nitrogens with one attached hydrogen (secondary N) is 2. The molecular formula is C9H16ClN3O2. The normalized spacial score (nSPS) is 24.5. The molecule has 15 heavy (non-hydrogen) atoms. The van der Waals surface area contributed by atoms with E-state index in [1.165, 1.54) is 4.90 Å². The lowest BCUT2D eigenvalue weighted by atomic mass is 10.0. The zero-order valence-corrected chi connectivity index (χ0v) is 9.69. The van der Waals surface area contributed by atoms with Crippen molar-refractivity contribution in [3.63, 3.8) is 0 Å². The fourth-order valence-electron chi connectivity index (χ4n) is 1.72. The van der Waals surface area contributed by atoms with E-state index in [9.17, 15) is 9.59 Å². The van der Waals surface area contributed by atoms with Gasteiger partial charge in [0.05, 0.1) is 0 Å². The lowest BCUT2D eigenvalue weighted by Gasteiger charge is -2.30. The van der Waals surface area contributed by atoms with Gasteiger partial charge in [-0.05, 0) is 13.8 Å². The highest BCUT2D eigenvalue weighted by molar-refractivity contribution is 6.06. The number of nitrogens with zero attached hydrogens (tertiary/aromatic N) is 1. The molecule has 0 aromatic carbocycles. The van der Waals surface area contributed by atoms with Crippen molar-refractivity contribution in [2.24, 2.45) is 5.92 Å². The van der Waals surface area contributed by atoms with Gasteiger partial charge in [0.1, 0.15) is 5.54 Å². The number of hydrogen-bond acceptors (Lipinski definition) is 3. The number of imide groups is 1. The Morgan fingerprint density at radius 2 is 2.00 bits per heavy atom. The molecule has 0 aromatic heterocycles. The van der Waals surface area contributed by atoms with E-state index in [2.05, 4.69) is 10.6 Å². The van der Waals surface area contributed by atoms with E-state index in [0.29, 0.717) is 12.5 Å². The highest BCUT2D eigenvalue weighted by Gasteiger charge is 2.45. The van der Waals surface area contributed by atoms with Gasteiger partial charge in [0.25, 0.3) is 5.91 Å². The molecular weight excluding hydrogens is 218 g/mol. The quantitative estimate of drug-likeness (QED) is 0.658. The molecule has 2 rings (SSSR count). The Kier molecular flexibility index (Phi) is 3.25. The number of urea groups is 1. The van der Waals surface area contributed by atoms with E-state index < -0.39 is 5.54 Å². The second-order valence-electron chi connectivity index (χ2n) is 4.50. The van der Waals surface area contributed by atoms with Crippen LogP contribution < -0.4 is 10.6 Å². The average Bonchev–Trinajstić information content (AvgIpc) is 2.17. The average molecular weight is 234 g/mol. The second-order valence-corrected chi connectivity index (χ2v) is 4.50. The van der Waals surface area contributed by atoms with Crippen molar-refractivity contribution in [3.8, 4) is 0 Å². The minimum Gasteiger partial charge on any atom is -0.324 e. The van der Waals surface area contributed by atoms with Gasteiger partial charge in [-0.25, -0.2) is 4.79 Å². The van der Waals surface area contributed by atoms with Crippen LogP contribution in [0.1, 0.15) is 13.8 Å². The fraction of sp³-hybridized carbons (Fsp3) is 0.778. The highest BCUT2D eigenvalue weighted by Crippen LogP contribution is 2.18. The first-order chi connectivity index (χ1) is 6.50. The van der Waals surface area contributed by atoms with E-state index >= 15 is 0 Å². The summed E-state index contributed by atoms with van der Waals surface area (Å²) in [6.45, 7) is 5.80. The van der Waals surface area contributed by atoms with E-state index in [0.717, 1.165) is 13.1 Å². The summed E-state index contributed by atoms with van der Waals surface area (Å²) in [6, 6.07) is -0.257. The fourth-order valence-corrected chi connectivity index (χ4v) is 1.72. The summed E-state index contributed by atoms with van der Waals surface area (Å²) in [5, 5.41) is 5.78. The number of rotatable bonds is 2. The first kappa shape index (κ1) is 12.3. The van der Waals surface area contributed by atoms with Crippen LogP contribution in [0, 0.1) is 5.92 Å². The van der Waals surface area contributed by atoms with Crippen LogP contribution in [-0.2, 0) is 4.79 Å². The topological polar surface area (TPSA) is 61.4 Å². The van der Waals surface area contributed by atoms with Gasteiger partial charge in [0, 0.05) is 25.6 Å². The van der Waals surface area contributed by atoms with Crippen molar-refractivity contribution < 1.29 is 9.59 Å². The molecule has 2 N–H and O–H groups in total. The van der Waals surface area contributed by atoms with E-state index in [4.69, 9.17) is 0 Å². The summed E-state index contributed by atoms with van der Waals surface area (Å²) in [6.07, 6.45) is 0. The third-order valence-electron chi connectivity index (χ3n) is 2.75. The molecule has 0 radical (unpaired) electrons. The molecule has 0 aliphatic carbocycles. The molecule has 0 aromatic rings. The van der Waals surface area contributed by atoms with Gasteiger partial charge in [0.2, 0.25) is 0 Å². The van der Waals surface area contributed by atoms with Gasteiger partial charge in [-0.3, -0.25) is 9.69 Å². The van der Waals surface area contributed by atoms with Crippen molar-refractivity contribution in [2.45, 2.75) is 19.4 Å². The molecule has 0 saturated carbocycles. The molecule has 0 spiro atoms. The number of hydrogen-bond donors (Lipinski definition) is 2. The Hall–Kier alpha value is -0.810. The number of carbonyl (C=O) groups excluding carboxylic acids is 2. The molecule has 0 atom stereocenters. The predicted octanol–water partition coefficient (Wildman–Crippen LogP) is -0.0420. The SMILES string of the molecule is CC1(C)NC(=O)N(CC2CNC2)C1=O.Cl. The molecule has 2 heterocycles. The summed E-state index contributed by atoms with van der Waals surface area (Å²) < 4.78 is 0. The van der Waals surface area contributed by atoms with Crippen molar-refractivity contribution in [1.82, 2.24) is 15.5 Å². The van der Waals surface area contributed by atoms with Crippen LogP contribution in [0.3, 0.4) is 0 Å². The van der Waals surface area contributed by atoms with Gasteiger partial charge >= 0.3 is 6.03 Å². The molecule has 2 fully saturated rings. The van der Waals surface area contributed by atoms with Crippen LogP contribution in [0.5, 0.6) is 0 Å². The second kappa shape index (κ2) is 3.98. The zero-order valence-electron chi connectivity index (χ0n) is 8.87. The van der Waals surface area contributed by atoms with Gasteiger partial charge in [0.15, 0.2) is 0 Å². The van der Waals surface area contributed by atoms with Gasteiger partial charge in [-0.15, -0.1) is 12.4 Å². The molecule has 2 aliphatic rings. The van der Waals surface area contributed by atoms with E-state index in [-0.39, 0.29) is 24.3 Å². The molecule has 6 heteroatoms. The monoisotopic (exact) mass is 233 g/mol. The third-order valence-corrected chi connectivity index (χ3v) is 2.75. The summed E-state index contributed by atoms with van der Waals surface area (Å²) in [4.78, 5) is 24.5. The number of amides is 3. The summed E-state index contributed by atoms with van der Waals surface area (Å²) in [5.74, 6) is 0.313. The Morgan fingerprint density at radius 1 is 1.40 bits per heavy atom. The minimum absolute atomic E-state index is 0. The van der Waals surface area contributed by atoms with E-state index in [1.807, 2.05) is 0 Å². The highest BCUT2D eigenvalue weighted by atomic mass is 35.5. The lowest BCUT2D eigenvalue weighted by molar-refractivity contribution is -0.130. The Labute approximate surface area is 95.0 Å². The smallest absolute Gasteiger partial charge is 0.324 e. The maximum absolute atomic E-state index is 11.7. The van der Waals surface area contributed by atoms with Crippen LogP contribution in [-0.4, -0.2) is 42.0 Å². The van der Waals surface area contributed by atoms with Crippen molar-refractivity contribution in [2.75, 3.05) is 19.6 Å². The van der Waals surface area contributed by atoms with Crippen molar-refractivity contribution in [3.05, 3.63) is 0 Å². The van der Waals surface area contributed by atoms with Crippen LogP contribution in [0.2, 0.25) is 0 Å². The van der Waals surface area contributed by atoms with Crippen molar-refractivity contribution >= 4 is 24.3 Å². The van der Waals surface area contributed by atoms with Crippen LogP contribution >= 0.6 is 12.4 Å². The molecule has 5 nitrogen and oxygen atoms in total. The summed E-state index contributed by atoms with van der Waals surface area (Å²) >= 11 is 0. The lowest BCUT2D eigenvalue weighted by Crippen LogP contribution is -2.50.